The topological polar surface area (TPSA) is 38.3 Å². The number of amides is 1. The van der Waals surface area contributed by atoms with Crippen molar-refractivity contribution in [1.82, 2.24) is 5.32 Å². The molecule has 1 heterocycles. The van der Waals surface area contributed by atoms with Crippen LogP contribution < -0.4 is 5.32 Å². The fourth-order valence-corrected chi connectivity index (χ4v) is 2.71. The van der Waals surface area contributed by atoms with E-state index < -0.39 is 0 Å². The molecule has 1 aliphatic heterocycles. The van der Waals surface area contributed by atoms with Gasteiger partial charge in [0.1, 0.15) is 5.82 Å². The van der Waals surface area contributed by atoms with Crippen LogP contribution in [0, 0.1) is 23.6 Å². The van der Waals surface area contributed by atoms with Crippen LogP contribution in [0.4, 0.5) is 4.39 Å². The first kappa shape index (κ1) is 17.2. The van der Waals surface area contributed by atoms with Gasteiger partial charge in [0, 0.05) is 24.3 Å². The summed E-state index contributed by atoms with van der Waals surface area (Å²) in [6.45, 7) is 2.17. The number of hydrogen-bond acceptors (Lipinski definition) is 2. The smallest absolute Gasteiger partial charge is 0.251 e. The molecule has 1 atom stereocenters. The SMILES string of the molecule is O=C(NC[C@H]1CCCOC1)c1ccc(C#Cc2ccccc2F)cc1. The second-order valence-corrected chi connectivity index (χ2v) is 6.10. The van der Waals surface area contributed by atoms with E-state index in [0.717, 1.165) is 25.0 Å². The minimum atomic E-state index is -0.335. The van der Waals surface area contributed by atoms with E-state index in [1.807, 2.05) is 0 Å². The minimum absolute atomic E-state index is 0.0980. The molecule has 3 rings (SSSR count). The molecule has 4 heteroatoms. The van der Waals surface area contributed by atoms with Gasteiger partial charge >= 0.3 is 0 Å². The van der Waals surface area contributed by atoms with E-state index in [9.17, 15) is 9.18 Å². The Morgan fingerprint density at radius 1 is 1.16 bits per heavy atom. The number of ether oxygens (including phenoxy) is 1. The molecule has 0 saturated carbocycles. The summed E-state index contributed by atoms with van der Waals surface area (Å²) >= 11 is 0. The van der Waals surface area contributed by atoms with Gasteiger partial charge in [0.2, 0.25) is 0 Å². The van der Waals surface area contributed by atoms with Gasteiger partial charge in [-0.3, -0.25) is 4.79 Å². The van der Waals surface area contributed by atoms with Crippen LogP contribution in [0.3, 0.4) is 0 Å². The number of hydrogen-bond donors (Lipinski definition) is 1. The molecule has 0 spiro atoms. The third-order valence-corrected chi connectivity index (χ3v) is 4.17. The van der Waals surface area contributed by atoms with Crippen LogP contribution in [0.1, 0.15) is 34.3 Å². The normalized spacial score (nSPS) is 16.6. The summed E-state index contributed by atoms with van der Waals surface area (Å²) in [4.78, 5) is 12.2. The molecule has 2 aromatic carbocycles. The van der Waals surface area contributed by atoms with Crippen molar-refractivity contribution in [2.45, 2.75) is 12.8 Å². The number of halogens is 1. The van der Waals surface area contributed by atoms with Gasteiger partial charge in [0.25, 0.3) is 5.91 Å². The molecule has 1 saturated heterocycles. The van der Waals surface area contributed by atoms with Gasteiger partial charge in [-0.1, -0.05) is 24.0 Å². The Kier molecular flexibility index (Phi) is 5.81. The maximum Gasteiger partial charge on any atom is 0.251 e. The molecule has 0 aliphatic carbocycles. The van der Waals surface area contributed by atoms with E-state index in [1.165, 1.54) is 6.07 Å². The first-order chi connectivity index (χ1) is 12.2. The van der Waals surface area contributed by atoms with E-state index >= 15 is 0 Å². The van der Waals surface area contributed by atoms with E-state index in [1.54, 1.807) is 42.5 Å². The van der Waals surface area contributed by atoms with Crippen molar-refractivity contribution in [2.24, 2.45) is 5.92 Å². The van der Waals surface area contributed by atoms with Gasteiger partial charge in [-0.2, -0.15) is 0 Å². The fourth-order valence-electron chi connectivity index (χ4n) is 2.71. The van der Waals surface area contributed by atoms with Gasteiger partial charge in [0.05, 0.1) is 12.2 Å². The second-order valence-electron chi connectivity index (χ2n) is 6.10. The van der Waals surface area contributed by atoms with Crippen LogP contribution in [0.2, 0.25) is 0 Å². The Morgan fingerprint density at radius 2 is 1.96 bits per heavy atom. The van der Waals surface area contributed by atoms with Crippen LogP contribution in [0.15, 0.2) is 48.5 Å². The fraction of sp³-hybridized carbons (Fsp3) is 0.286. The molecule has 1 N–H and O–H groups in total. The Bertz CT molecular complexity index is 784. The van der Waals surface area contributed by atoms with E-state index in [4.69, 9.17) is 4.74 Å². The number of nitrogens with one attached hydrogen (secondary N) is 1. The zero-order valence-electron chi connectivity index (χ0n) is 13.9. The summed E-state index contributed by atoms with van der Waals surface area (Å²) in [6.07, 6.45) is 2.14. The monoisotopic (exact) mass is 337 g/mol. The summed E-state index contributed by atoms with van der Waals surface area (Å²) in [5, 5.41) is 2.95. The minimum Gasteiger partial charge on any atom is -0.381 e. The summed E-state index contributed by atoms with van der Waals surface area (Å²) in [7, 11) is 0. The molecule has 0 bridgehead atoms. The highest BCUT2D eigenvalue weighted by atomic mass is 19.1. The predicted octanol–water partition coefficient (Wildman–Crippen LogP) is 3.38. The van der Waals surface area contributed by atoms with Crippen molar-refractivity contribution in [1.29, 1.82) is 0 Å². The van der Waals surface area contributed by atoms with E-state index in [0.29, 0.717) is 30.2 Å². The summed E-state index contributed by atoms with van der Waals surface area (Å²) in [5.74, 6) is 5.68. The first-order valence-corrected chi connectivity index (χ1v) is 8.45. The van der Waals surface area contributed by atoms with Crippen molar-refractivity contribution in [3.05, 3.63) is 71.0 Å². The zero-order chi connectivity index (χ0) is 17.5. The summed E-state index contributed by atoms with van der Waals surface area (Å²) in [6, 6.07) is 13.4. The average molecular weight is 337 g/mol. The third kappa shape index (κ3) is 4.91. The Hall–Kier alpha value is -2.64. The molecule has 2 aromatic rings. The standard InChI is InChI=1S/C21H20FNO2/c22-20-6-2-1-5-18(20)10-7-16-8-11-19(12-9-16)21(24)23-14-17-4-3-13-25-15-17/h1-2,5-6,8-9,11-12,17H,3-4,13-15H2,(H,23,24)/t17-/m1/s1. The zero-order valence-corrected chi connectivity index (χ0v) is 13.9. The average Bonchev–Trinajstić information content (AvgIpc) is 2.67. The highest BCUT2D eigenvalue weighted by Crippen LogP contribution is 2.12. The van der Waals surface area contributed by atoms with Crippen LogP contribution >= 0.6 is 0 Å². The van der Waals surface area contributed by atoms with Crippen molar-refractivity contribution in [2.75, 3.05) is 19.8 Å². The van der Waals surface area contributed by atoms with Crippen LogP contribution in [0.5, 0.6) is 0 Å². The number of rotatable bonds is 3. The number of carbonyl (C=O) groups excluding carboxylic acids is 1. The predicted molar refractivity (Wildman–Crippen MR) is 94.7 cm³/mol. The van der Waals surface area contributed by atoms with Gasteiger partial charge in [-0.25, -0.2) is 4.39 Å². The number of carbonyl (C=O) groups is 1. The molecule has 0 aromatic heterocycles. The van der Waals surface area contributed by atoms with Gasteiger partial charge in [-0.15, -0.1) is 0 Å². The second kappa shape index (κ2) is 8.46. The molecule has 0 radical (unpaired) electrons. The Labute approximate surface area is 147 Å². The van der Waals surface area contributed by atoms with Gasteiger partial charge in [-0.05, 0) is 55.2 Å². The third-order valence-electron chi connectivity index (χ3n) is 4.17. The van der Waals surface area contributed by atoms with Crippen molar-refractivity contribution >= 4 is 5.91 Å². The number of benzene rings is 2. The molecule has 1 amide bonds. The molecule has 25 heavy (non-hydrogen) atoms. The molecular formula is C21H20FNO2. The highest BCUT2D eigenvalue weighted by molar-refractivity contribution is 5.94. The lowest BCUT2D eigenvalue weighted by Crippen LogP contribution is -2.33. The van der Waals surface area contributed by atoms with Crippen LogP contribution in [-0.4, -0.2) is 25.7 Å². The van der Waals surface area contributed by atoms with Gasteiger partial charge < -0.3 is 10.1 Å². The highest BCUT2D eigenvalue weighted by Gasteiger charge is 2.15. The molecule has 1 fully saturated rings. The van der Waals surface area contributed by atoms with Crippen LogP contribution in [-0.2, 0) is 4.74 Å². The molecule has 128 valence electrons. The van der Waals surface area contributed by atoms with Crippen molar-refractivity contribution in [3.63, 3.8) is 0 Å². The molecule has 0 unspecified atom stereocenters. The Balaban J connectivity index is 1.58. The van der Waals surface area contributed by atoms with Gasteiger partial charge in [0.15, 0.2) is 0 Å². The quantitative estimate of drug-likeness (QED) is 0.872. The molecular weight excluding hydrogens is 317 g/mol. The largest absolute Gasteiger partial charge is 0.381 e. The van der Waals surface area contributed by atoms with Crippen molar-refractivity contribution in [3.8, 4) is 11.8 Å². The first-order valence-electron chi connectivity index (χ1n) is 8.45. The maximum atomic E-state index is 13.5. The lowest BCUT2D eigenvalue weighted by Gasteiger charge is -2.22. The van der Waals surface area contributed by atoms with E-state index in [-0.39, 0.29) is 11.7 Å². The van der Waals surface area contributed by atoms with Crippen LogP contribution in [0.25, 0.3) is 0 Å². The Morgan fingerprint density at radius 3 is 2.68 bits per heavy atom. The summed E-state index contributed by atoms with van der Waals surface area (Å²) < 4.78 is 19.0. The lowest BCUT2D eigenvalue weighted by molar-refractivity contribution is 0.0536. The summed E-state index contributed by atoms with van der Waals surface area (Å²) in [5.41, 5.74) is 1.69. The van der Waals surface area contributed by atoms with Crippen molar-refractivity contribution < 1.29 is 13.9 Å². The molecule has 1 aliphatic rings. The molecule has 3 nitrogen and oxygen atoms in total. The lowest BCUT2D eigenvalue weighted by atomic mass is 10.0. The maximum absolute atomic E-state index is 13.5. The van der Waals surface area contributed by atoms with E-state index in [2.05, 4.69) is 17.2 Å².